The summed E-state index contributed by atoms with van der Waals surface area (Å²) < 4.78 is 6.64. The molecule has 0 unspecified atom stereocenters. The second-order valence-corrected chi connectivity index (χ2v) is 3.07. The summed E-state index contributed by atoms with van der Waals surface area (Å²) >= 11 is 0. The second-order valence-electron chi connectivity index (χ2n) is 3.07. The lowest BCUT2D eigenvalue weighted by atomic mass is 10.5. The van der Waals surface area contributed by atoms with Gasteiger partial charge in [0.15, 0.2) is 18.4 Å². The zero-order valence-electron chi connectivity index (χ0n) is 9.25. The molecule has 0 fully saturated rings. The molecule has 4 N–H and O–H groups in total. The van der Waals surface area contributed by atoms with Gasteiger partial charge in [0.05, 0.1) is 6.54 Å². The van der Waals surface area contributed by atoms with Gasteiger partial charge in [0.1, 0.15) is 6.61 Å². The Morgan fingerprint density at radius 1 is 1.24 bits per heavy atom. The summed E-state index contributed by atoms with van der Waals surface area (Å²) in [5.74, 6) is -0.324. The standard InChI is InChI=1S/C10H15N4O2.BrH/c11-10(12)13-4-7-16-9(15)8-14-5-2-1-3-6-14;/h1-3,5-6H,4,7-8H2,(H4,11,12,13);1H/q+1;/p-1. The van der Waals surface area contributed by atoms with E-state index in [2.05, 4.69) is 4.99 Å². The van der Waals surface area contributed by atoms with Crippen LogP contribution in [0.15, 0.2) is 35.6 Å². The number of rotatable bonds is 5. The average Bonchev–Trinajstić information content (AvgIpc) is 2.25. The molecule has 0 aliphatic carbocycles. The van der Waals surface area contributed by atoms with E-state index in [0.717, 1.165) is 0 Å². The molecule has 1 aromatic heterocycles. The van der Waals surface area contributed by atoms with Gasteiger partial charge in [-0.25, -0.2) is 4.79 Å². The Bertz CT molecular complexity index is 366. The number of hydrogen-bond acceptors (Lipinski definition) is 3. The maximum Gasteiger partial charge on any atom is 0.372 e. The lowest BCUT2D eigenvalue weighted by molar-refractivity contribution is -0.686. The smallest absolute Gasteiger partial charge is 0.372 e. The molecule has 1 aromatic rings. The van der Waals surface area contributed by atoms with Gasteiger partial charge in [-0.1, -0.05) is 6.07 Å². The van der Waals surface area contributed by atoms with Crippen molar-refractivity contribution in [1.29, 1.82) is 0 Å². The van der Waals surface area contributed by atoms with E-state index in [1.165, 1.54) is 0 Å². The lowest BCUT2D eigenvalue weighted by Gasteiger charge is -2.00. The number of nitrogens with two attached hydrogens (primary N) is 2. The van der Waals surface area contributed by atoms with Gasteiger partial charge in [-0.05, 0) is 0 Å². The first-order valence-electron chi connectivity index (χ1n) is 4.83. The van der Waals surface area contributed by atoms with Crippen molar-refractivity contribution in [2.45, 2.75) is 6.54 Å². The highest BCUT2D eigenvalue weighted by molar-refractivity contribution is 5.75. The van der Waals surface area contributed by atoms with Crippen LogP contribution in [0.5, 0.6) is 0 Å². The Labute approximate surface area is 110 Å². The van der Waals surface area contributed by atoms with Crippen LogP contribution in [0.4, 0.5) is 0 Å². The zero-order chi connectivity index (χ0) is 11.8. The van der Waals surface area contributed by atoms with Gasteiger partial charge in [-0.2, -0.15) is 4.57 Å². The third-order valence-electron chi connectivity index (χ3n) is 1.74. The maximum atomic E-state index is 11.3. The summed E-state index contributed by atoms with van der Waals surface area (Å²) in [6, 6.07) is 5.56. The number of esters is 1. The molecule has 0 aliphatic rings. The predicted molar refractivity (Wildman–Crippen MR) is 58.3 cm³/mol. The quantitative estimate of drug-likeness (QED) is 0.190. The largest absolute Gasteiger partial charge is 1.00 e. The Morgan fingerprint density at radius 3 is 2.47 bits per heavy atom. The topological polar surface area (TPSA) is 94.6 Å². The minimum atomic E-state index is -0.318. The molecule has 94 valence electrons. The number of ether oxygens (including phenoxy) is 1. The zero-order valence-corrected chi connectivity index (χ0v) is 10.8. The van der Waals surface area contributed by atoms with Crippen molar-refractivity contribution >= 4 is 11.9 Å². The van der Waals surface area contributed by atoms with Crippen LogP contribution in [0.2, 0.25) is 0 Å². The van der Waals surface area contributed by atoms with Crippen molar-refractivity contribution in [2.75, 3.05) is 13.2 Å². The van der Waals surface area contributed by atoms with Crippen LogP contribution in [0.3, 0.4) is 0 Å². The summed E-state index contributed by atoms with van der Waals surface area (Å²) in [5, 5.41) is 0. The van der Waals surface area contributed by atoms with Gasteiger partial charge in [-0.3, -0.25) is 4.99 Å². The molecule has 0 bridgehead atoms. The molecule has 1 heterocycles. The Morgan fingerprint density at radius 2 is 1.88 bits per heavy atom. The second kappa shape index (κ2) is 8.51. The first-order chi connectivity index (χ1) is 7.68. The molecule has 6 nitrogen and oxygen atoms in total. The Balaban J connectivity index is 0.00000256. The number of aromatic nitrogens is 1. The summed E-state index contributed by atoms with van der Waals surface area (Å²) in [4.78, 5) is 15.0. The van der Waals surface area contributed by atoms with Gasteiger partial charge in [-0.15, -0.1) is 0 Å². The monoisotopic (exact) mass is 302 g/mol. The van der Waals surface area contributed by atoms with Crippen LogP contribution < -0.4 is 33.0 Å². The van der Waals surface area contributed by atoms with Gasteiger partial charge in [0.2, 0.25) is 6.54 Å². The number of pyridine rings is 1. The molecule has 0 saturated carbocycles. The van der Waals surface area contributed by atoms with Crippen molar-refractivity contribution < 1.29 is 31.1 Å². The van der Waals surface area contributed by atoms with Crippen LogP contribution in [0.25, 0.3) is 0 Å². The van der Waals surface area contributed by atoms with E-state index in [1.807, 2.05) is 18.2 Å². The highest BCUT2D eigenvalue weighted by atomic mass is 79.9. The summed E-state index contributed by atoms with van der Waals surface area (Å²) in [7, 11) is 0. The first-order valence-corrected chi connectivity index (χ1v) is 4.83. The molecule has 0 aromatic carbocycles. The molecule has 17 heavy (non-hydrogen) atoms. The van der Waals surface area contributed by atoms with Crippen LogP contribution in [0, 0.1) is 0 Å². The van der Waals surface area contributed by atoms with Crippen LogP contribution >= 0.6 is 0 Å². The number of halogens is 1. The van der Waals surface area contributed by atoms with Crippen molar-refractivity contribution in [3.63, 3.8) is 0 Å². The highest BCUT2D eigenvalue weighted by Gasteiger charge is 2.08. The minimum Gasteiger partial charge on any atom is -1.00 e. The number of guanidine groups is 1. The van der Waals surface area contributed by atoms with Gasteiger partial charge in [0, 0.05) is 12.1 Å². The molecule has 0 amide bonds. The fraction of sp³-hybridized carbons (Fsp3) is 0.300. The summed E-state index contributed by atoms with van der Waals surface area (Å²) in [6.45, 7) is 0.653. The predicted octanol–water partition coefficient (Wildman–Crippen LogP) is -4.21. The van der Waals surface area contributed by atoms with Crippen molar-refractivity contribution in [3.05, 3.63) is 30.6 Å². The molecule has 1 rings (SSSR count). The average molecular weight is 303 g/mol. The molecule has 0 radical (unpaired) electrons. The maximum absolute atomic E-state index is 11.3. The van der Waals surface area contributed by atoms with Crippen molar-refractivity contribution in [1.82, 2.24) is 0 Å². The van der Waals surface area contributed by atoms with E-state index >= 15 is 0 Å². The molecule has 0 saturated heterocycles. The molecular weight excluding hydrogens is 288 g/mol. The van der Waals surface area contributed by atoms with Gasteiger partial charge >= 0.3 is 5.97 Å². The molecule has 0 atom stereocenters. The normalized spacial score (nSPS) is 8.94. The number of carbonyl (C=O) groups excluding carboxylic acids is 1. The SMILES string of the molecule is NC(N)=NCCOC(=O)C[n+]1ccccc1.[Br-]. The van der Waals surface area contributed by atoms with Crippen molar-refractivity contribution in [3.8, 4) is 0 Å². The summed E-state index contributed by atoms with van der Waals surface area (Å²) in [5.41, 5.74) is 10.2. The van der Waals surface area contributed by atoms with Crippen molar-refractivity contribution in [2.24, 2.45) is 16.5 Å². The fourth-order valence-corrected chi connectivity index (χ4v) is 1.07. The van der Waals surface area contributed by atoms with Crippen LogP contribution in [0.1, 0.15) is 0 Å². The fourth-order valence-electron chi connectivity index (χ4n) is 1.07. The van der Waals surface area contributed by atoms with E-state index in [9.17, 15) is 4.79 Å². The van der Waals surface area contributed by atoms with Gasteiger partial charge in [0.25, 0.3) is 0 Å². The van der Waals surface area contributed by atoms with E-state index in [1.54, 1.807) is 17.0 Å². The molecule has 7 heteroatoms. The highest BCUT2D eigenvalue weighted by Crippen LogP contribution is 1.82. The van der Waals surface area contributed by atoms with Crippen LogP contribution in [-0.4, -0.2) is 25.1 Å². The van der Waals surface area contributed by atoms with Gasteiger partial charge < -0.3 is 33.2 Å². The number of nitrogens with zero attached hydrogens (tertiary/aromatic N) is 2. The third kappa shape index (κ3) is 7.29. The lowest BCUT2D eigenvalue weighted by Crippen LogP contribution is -3.00. The number of carbonyl (C=O) groups is 1. The van der Waals surface area contributed by atoms with E-state index < -0.39 is 0 Å². The van der Waals surface area contributed by atoms with E-state index in [0.29, 0.717) is 0 Å². The van der Waals surface area contributed by atoms with E-state index in [4.69, 9.17) is 16.2 Å². The Kier molecular flexibility index (Phi) is 7.70. The molecule has 0 spiro atoms. The van der Waals surface area contributed by atoms with Crippen LogP contribution in [-0.2, 0) is 16.1 Å². The Hall–Kier alpha value is -1.63. The summed E-state index contributed by atoms with van der Waals surface area (Å²) in [6.07, 6.45) is 3.58. The third-order valence-corrected chi connectivity index (χ3v) is 1.74. The van der Waals surface area contributed by atoms with E-state index in [-0.39, 0.29) is 48.6 Å². The number of hydrogen-bond donors (Lipinski definition) is 2. The minimum absolute atomic E-state index is 0. The molecule has 0 aliphatic heterocycles. The first kappa shape index (κ1) is 15.4. The molecular formula is C10H15BrN4O2. The number of aliphatic imine (C=N–C) groups is 1.